The van der Waals surface area contributed by atoms with Gasteiger partial charge in [0.25, 0.3) is 0 Å². The third-order valence-electron chi connectivity index (χ3n) is 4.12. The summed E-state index contributed by atoms with van der Waals surface area (Å²) in [7, 11) is 1.68. The summed E-state index contributed by atoms with van der Waals surface area (Å²) < 4.78 is 11.3. The minimum Gasteiger partial charge on any atom is -0.488 e. The molecule has 0 radical (unpaired) electrons. The van der Waals surface area contributed by atoms with Crippen molar-refractivity contribution in [1.29, 1.82) is 0 Å². The number of fused-ring (bicyclic) bond motifs is 1. The number of pyridine rings is 1. The van der Waals surface area contributed by atoms with Gasteiger partial charge in [-0.1, -0.05) is 30.9 Å². The number of hydrogen-bond donors (Lipinski definition) is 1. The highest BCUT2D eigenvalue weighted by molar-refractivity contribution is 5.97. The van der Waals surface area contributed by atoms with Crippen LogP contribution in [0.25, 0.3) is 0 Å². The second kappa shape index (κ2) is 9.09. The Labute approximate surface area is 163 Å². The van der Waals surface area contributed by atoms with Crippen LogP contribution in [0.4, 0.5) is 5.82 Å². The lowest BCUT2D eigenvalue weighted by Crippen LogP contribution is -2.46. The van der Waals surface area contributed by atoms with E-state index in [2.05, 4.69) is 27.1 Å². The highest BCUT2D eigenvalue weighted by Gasteiger charge is 2.30. The molecule has 1 aliphatic rings. The van der Waals surface area contributed by atoms with Gasteiger partial charge in [0.05, 0.1) is 13.0 Å². The first-order valence-corrected chi connectivity index (χ1v) is 8.95. The zero-order chi connectivity index (χ0) is 19.9. The molecular formula is C20H23N5O3. The van der Waals surface area contributed by atoms with Gasteiger partial charge in [0.15, 0.2) is 11.6 Å². The van der Waals surface area contributed by atoms with E-state index in [1.165, 1.54) is 4.90 Å². The Hall–Kier alpha value is -3.26. The van der Waals surface area contributed by atoms with Gasteiger partial charge >= 0.3 is 0 Å². The molecule has 1 aliphatic heterocycles. The van der Waals surface area contributed by atoms with Gasteiger partial charge in [0.2, 0.25) is 17.7 Å². The average molecular weight is 381 g/mol. The molecule has 146 valence electrons. The van der Waals surface area contributed by atoms with Gasteiger partial charge in [-0.3, -0.25) is 15.0 Å². The molecule has 0 aliphatic carbocycles. The molecule has 2 aromatic heterocycles. The lowest BCUT2D eigenvalue weighted by molar-refractivity contribution is -0.120. The van der Waals surface area contributed by atoms with Crippen LogP contribution in [0.5, 0.6) is 5.75 Å². The summed E-state index contributed by atoms with van der Waals surface area (Å²) in [6.45, 7) is 6.35. The molecule has 0 bridgehead atoms. The fraction of sp³-hybridized carbons (Fsp3) is 0.300. The largest absolute Gasteiger partial charge is 0.488 e. The molecule has 0 saturated heterocycles. The number of hydrogen-bond acceptors (Lipinski definition) is 7. The van der Waals surface area contributed by atoms with Crippen molar-refractivity contribution in [3.63, 3.8) is 0 Å². The van der Waals surface area contributed by atoms with Gasteiger partial charge in [0, 0.05) is 13.2 Å². The van der Waals surface area contributed by atoms with Crippen molar-refractivity contribution in [2.24, 2.45) is 0 Å². The van der Waals surface area contributed by atoms with Gasteiger partial charge in [-0.25, -0.2) is 4.98 Å². The summed E-state index contributed by atoms with van der Waals surface area (Å²) >= 11 is 0. The number of nitrogens with one attached hydrogen (secondary N) is 1. The maximum atomic E-state index is 12.7. The minimum absolute atomic E-state index is 0.139. The summed E-state index contributed by atoms with van der Waals surface area (Å²) in [4.78, 5) is 18.4. The van der Waals surface area contributed by atoms with E-state index >= 15 is 0 Å². The van der Waals surface area contributed by atoms with Crippen LogP contribution in [-0.2, 0) is 17.8 Å². The van der Waals surface area contributed by atoms with Crippen molar-refractivity contribution in [1.82, 2.24) is 20.5 Å². The maximum Gasteiger partial charge on any atom is 0.248 e. The Morgan fingerprint density at radius 2 is 2.21 bits per heavy atom. The highest BCUT2D eigenvalue weighted by atomic mass is 16.5. The standard InChI is InChI=1S/C20H23N5O3/c1-4-5-6-8-14(2)11-17-23-24-18(28-17)12-22-15-13-27-16-9-7-10-21-19(16)25(3)20(15)26/h4-10,15,22H,2,11-13H2,1,3H3/b5-4-,8-6-/t15-/m0/s1. The van der Waals surface area contributed by atoms with Crippen LogP contribution in [0.2, 0.25) is 0 Å². The van der Waals surface area contributed by atoms with Crippen LogP contribution < -0.4 is 15.0 Å². The summed E-state index contributed by atoms with van der Waals surface area (Å²) in [5.41, 5.74) is 0.862. The summed E-state index contributed by atoms with van der Waals surface area (Å²) in [6, 6.07) is 3.01. The second-order valence-corrected chi connectivity index (χ2v) is 6.28. The molecule has 0 fully saturated rings. The van der Waals surface area contributed by atoms with Crippen LogP contribution in [0, 0.1) is 0 Å². The van der Waals surface area contributed by atoms with Gasteiger partial charge in [-0.2, -0.15) is 0 Å². The van der Waals surface area contributed by atoms with Crippen molar-refractivity contribution in [2.45, 2.75) is 25.9 Å². The zero-order valence-corrected chi connectivity index (χ0v) is 16.0. The van der Waals surface area contributed by atoms with Crippen molar-refractivity contribution in [3.8, 4) is 5.75 Å². The second-order valence-electron chi connectivity index (χ2n) is 6.28. The van der Waals surface area contributed by atoms with Crippen molar-refractivity contribution < 1.29 is 13.9 Å². The van der Waals surface area contributed by atoms with Gasteiger partial charge in [0.1, 0.15) is 12.6 Å². The van der Waals surface area contributed by atoms with Gasteiger partial charge in [-0.05, 0) is 24.6 Å². The molecule has 1 atom stereocenters. The first-order valence-electron chi connectivity index (χ1n) is 8.95. The first-order chi connectivity index (χ1) is 13.6. The number of aromatic nitrogens is 3. The molecule has 8 heteroatoms. The molecular weight excluding hydrogens is 358 g/mol. The Morgan fingerprint density at radius 1 is 1.39 bits per heavy atom. The lowest BCUT2D eigenvalue weighted by Gasteiger charge is -2.18. The average Bonchev–Trinajstić information content (AvgIpc) is 3.10. The van der Waals surface area contributed by atoms with E-state index in [1.54, 1.807) is 25.4 Å². The summed E-state index contributed by atoms with van der Waals surface area (Å²) in [5, 5.41) is 11.2. The third-order valence-corrected chi connectivity index (χ3v) is 4.12. The number of anilines is 1. The number of allylic oxidation sites excluding steroid dienone is 5. The topological polar surface area (TPSA) is 93.4 Å². The van der Waals surface area contributed by atoms with E-state index in [0.717, 1.165) is 5.57 Å². The lowest BCUT2D eigenvalue weighted by atomic mass is 10.2. The van der Waals surface area contributed by atoms with Crippen LogP contribution >= 0.6 is 0 Å². The van der Waals surface area contributed by atoms with Crippen LogP contribution in [0.3, 0.4) is 0 Å². The molecule has 0 aromatic carbocycles. The number of nitrogens with zero attached hydrogens (tertiary/aromatic N) is 4. The van der Waals surface area contributed by atoms with Crippen LogP contribution in [0.15, 0.2) is 59.2 Å². The Bertz CT molecular complexity index is 903. The first kappa shape index (κ1) is 19.5. The number of carbonyl (C=O) groups is 1. The molecule has 3 rings (SSSR count). The van der Waals surface area contributed by atoms with Crippen molar-refractivity contribution >= 4 is 11.7 Å². The smallest absolute Gasteiger partial charge is 0.248 e. The number of carbonyl (C=O) groups excluding carboxylic acids is 1. The molecule has 0 spiro atoms. The Morgan fingerprint density at radius 3 is 3.04 bits per heavy atom. The van der Waals surface area contributed by atoms with Crippen LogP contribution in [-0.4, -0.2) is 40.8 Å². The van der Waals surface area contributed by atoms with Crippen LogP contribution in [0.1, 0.15) is 18.7 Å². The maximum absolute atomic E-state index is 12.7. The molecule has 3 heterocycles. The Balaban J connectivity index is 1.57. The quantitative estimate of drug-likeness (QED) is 0.735. The summed E-state index contributed by atoms with van der Waals surface area (Å²) in [5.74, 6) is 1.81. The van der Waals surface area contributed by atoms with E-state index < -0.39 is 6.04 Å². The molecule has 1 N–H and O–H groups in total. The number of ether oxygens (including phenoxy) is 1. The number of rotatable bonds is 7. The van der Waals surface area contributed by atoms with Gasteiger partial charge in [-0.15, -0.1) is 10.2 Å². The zero-order valence-electron chi connectivity index (χ0n) is 16.0. The fourth-order valence-electron chi connectivity index (χ4n) is 2.67. The van der Waals surface area contributed by atoms with E-state index in [1.807, 2.05) is 31.2 Å². The fourth-order valence-corrected chi connectivity index (χ4v) is 2.67. The predicted octanol–water partition coefficient (Wildman–Crippen LogP) is 2.21. The summed E-state index contributed by atoms with van der Waals surface area (Å²) in [6.07, 6.45) is 9.75. The SMILES string of the molecule is C=C(/C=C\C=C/C)Cc1nnc(CN[C@H]2COc3cccnc3N(C)C2=O)o1. The molecule has 0 saturated carbocycles. The monoisotopic (exact) mass is 381 g/mol. The predicted molar refractivity (Wildman–Crippen MR) is 105 cm³/mol. The Kier molecular flexibility index (Phi) is 6.33. The van der Waals surface area contributed by atoms with Crippen molar-refractivity contribution in [3.05, 3.63) is 66.6 Å². The molecule has 2 aromatic rings. The molecule has 28 heavy (non-hydrogen) atoms. The molecule has 0 unspecified atom stereocenters. The van der Waals surface area contributed by atoms with Gasteiger partial charge < -0.3 is 9.15 Å². The number of amides is 1. The molecule has 8 nitrogen and oxygen atoms in total. The molecule has 1 amide bonds. The number of likely N-dealkylation sites (N-methyl/N-ethyl adjacent to an activating group) is 1. The highest BCUT2D eigenvalue weighted by Crippen LogP contribution is 2.27. The minimum atomic E-state index is -0.548. The van der Waals surface area contributed by atoms with E-state index in [9.17, 15) is 4.79 Å². The van der Waals surface area contributed by atoms with E-state index in [-0.39, 0.29) is 19.1 Å². The third kappa shape index (κ3) is 4.72. The van der Waals surface area contributed by atoms with Crippen molar-refractivity contribution in [2.75, 3.05) is 18.6 Å². The van der Waals surface area contributed by atoms with E-state index in [0.29, 0.717) is 29.8 Å². The normalized spacial score (nSPS) is 17.0. The van der Waals surface area contributed by atoms with E-state index in [4.69, 9.17) is 9.15 Å².